The highest BCUT2D eigenvalue weighted by atomic mass is 16.5. The van der Waals surface area contributed by atoms with Crippen molar-refractivity contribution in [2.24, 2.45) is 34.5 Å². The Morgan fingerprint density at radius 1 is 1.06 bits per heavy atom. The molecule has 0 saturated heterocycles. The minimum Gasteiger partial charge on any atom is -0.460 e. The summed E-state index contributed by atoms with van der Waals surface area (Å²) in [5, 5.41) is 3.19. The van der Waals surface area contributed by atoms with Crippen LogP contribution in [0.3, 0.4) is 0 Å². The lowest BCUT2D eigenvalue weighted by Crippen LogP contribution is -2.61. The number of fused-ring (bicyclic) bond motifs is 5. The molecule has 5 heteroatoms. The Balaban J connectivity index is 1.57. The number of allylic oxidation sites excluding steroid dienone is 2. The smallest absolute Gasteiger partial charge is 0.302 e. The van der Waals surface area contributed by atoms with Gasteiger partial charge in [0.2, 0.25) is 5.91 Å². The van der Waals surface area contributed by atoms with Gasteiger partial charge in [-0.15, -0.1) is 0 Å². The molecule has 0 aromatic rings. The second-order valence-electron chi connectivity index (χ2n) is 13.0. The van der Waals surface area contributed by atoms with Gasteiger partial charge in [0.05, 0.1) is 6.04 Å². The second-order valence-corrected chi connectivity index (χ2v) is 13.0. The normalized spacial score (nSPS) is 41.1. The molecule has 0 aromatic heterocycles. The van der Waals surface area contributed by atoms with Gasteiger partial charge in [0, 0.05) is 25.0 Å². The standard InChI is InChI=1S/C30H48N2O3/c1-18(2)17-27(34)31-26-14-16-30(6)24-13-15-29(5)22(19(3)32(7)8)11-12-23(29)21(24)9-10-25(30)28(26)35-20(4)33/h11,17,19,21,23-26,28H,9-10,12-16H2,1-8H3,(H,31,34). The number of nitrogens with one attached hydrogen (secondary N) is 1. The van der Waals surface area contributed by atoms with Gasteiger partial charge in [-0.25, -0.2) is 0 Å². The molecule has 9 atom stereocenters. The molecule has 3 saturated carbocycles. The summed E-state index contributed by atoms with van der Waals surface area (Å²) in [7, 11) is 4.40. The number of hydrogen-bond acceptors (Lipinski definition) is 4. The first kappa shape index (κ1) is 26.4. The molecule has 0 spiro atoms. The minimum atomic E-state index is -0.235. The van der Waals surface area contributed by atoms with Gasteiger partial charge in [-0.3, -0.25) is 9.59 Å². The van der Waals surface area contributed by atoms with E-state index in [1.165, 1.54) is 32.6 Å². The molecule has 1 amide bonds. The zero-order chi connectivity index (χ0) is 25.7. The molecule has 0 heterocycles. The Labute approximate surface area is 213 Å². The average Bonchev–Trinajstić information content (AvgIpc) is 3.11. The highest BCUT2D eigenvalue weighted by Crippen LogP contribution is 2.66. The van der Waals surface area contributed by atoms with Gasteiger partial charge in [0.15, 0.2) is 0 Å². The lowest BCUT2D eigenvalue weighted by molar-refractivity contribution is -0.178. The van der Waals surface area contributed by atoms with Gasteiger partial charge in [-0.05, 0) is 108 Å². The van der Waals surface area contributed by atoms with E-state index in [0.29, 0.717) is 23.3 Å². The summed E-state index contributed by atoms with van der Waals surface area (Å²) >= 11 is 0. The average molecular weight is 485 g/mol. The van der Waals surface area contributed by atoms with E-state index in [-0.39, 0.29) is 29.4 Å². The van der Waals surface area contributed by atoms with Crippen molar-refractivity contribution in [2.75, 3.05) is 14.1 Å². The number of hydrogen-bond donors (Lipinski definition) is 1. The first-order valence-corrected chi connectivity index (χ1v) is 13.9. The number of carbonyl (C=O) groups is 2. The molecule has 9 unspecified atom stereocenters. The summed E-state index contributed by atoms with van der Waals surface area (Å²) in [5.41, 5.74) is 3.09. The number of ether oxygens (including phenoxy) is 1. The summed E-state index contributed by atoms with van der Waals surface area (Å²) in [6.45, 7) is 12.8. The maximum atomic E-state index is 12.6. The Hall–Kier alpha value is -1.62. The minimum absolute atomic E-state index is 0.0718. The molecule has 1 N–H and O–H groups in total. The Morgan fingerprint density at radius 2 is 1.77 bits per heavy atom. The Morgan fingerprint density at radius 3 is 2.40 bits per heavy atom. The van der Waals surface area contributed by atoms with Crippen LogP contribution in [0, 0.1) is 34.5 Å². The van der Waals surface area contributed by atoms with Crippen molar-refractivity contribution in [3.63, 3.8) is 0 Å². The van der Waals surface area contributed by atoms with Crippen LogP contribution >= 0.6 is 0 Å². The molecule has 0 aliphatic heterocycles. The molecule has 5 nitrogen and oxygen atoms in total. The molecule has 4 rings (SSSR count). The van der Waals surface area contributed by atoms with Crippen LogP contribution in [0.15, 0.2) is 23.3 Å². The van der Waals surface area contributed by atoms with Gasteiger partial charge in [0.25, 0.3) is 0 Å². The number of esters is 1. The molecular weight excluding hydrogens is 436 g/mol. The third-order valence-electron chi connectivity index (χ3n) is 10.6. The van der Waals surface area contributed by atoms with E-state index in [0.717, 1.165) is 36.7 Å². The number of likely N-dealkylation sites (N-methyl/N-ethyl adjacent to an activating group) is 1. The number of rotatable bonds is 5. The van der Waals surface area contributed by atoms with Crippen molar-refractivity contribution < 1.29 is 14.3 Å². The quantitative estimate of drug-likeness (QED) is 0.318. The number of amides is 1. The summed E-state index contributed by atoms with van der Waals surface area (Å²) < 4.78 is 6.02. The van der Waals surface area contributed by atoms with E-state index in [9.17, 15) is 9.59 Å². The van der Waals surface area contributed by atoms with E-state index in [1.807, 2.05) is 13.8 Å². The van der Waals surface area contributed by atoms with Crippen molar-refractivity contribution >= 4 is 11.9 Å². The van der Waals surface area contributed by atoms with Gasteiger partial charge in [0.1, 0.15) is 6.10 Å². The van der Waals surface area contributed by atoms with Crippen molar-refractivity contribution in [3.8, 4) is 0 Å². The van der Waals surface area contributed by atoms with Crippen molar-refractivity contribution in [1.29, 1.82) is 0 Å². The van der Waals surface area contributed by atoms with Crippen LogP contribution in [0.25, 0.3) is 0 Å². The molecule has 4 aliphatic rings. The molecule has 0 radical (unpaired) electrons. The Kier molecular flexibility index (Phi) is 7.32. The monoisotopic (exact) mass is 484 g/mol. The number of nitrogens with zero attached hydrogens (tertiary/aromatic N) is 1. The van der Waals surface area contributed by atoms with Crippen LogP contribution in [0.2, 0.25) is 0 Å². The molecule has 4 aliphatic carbocycles. The summed E-state index contributed by atoms with van der Waals surface area (Å²) in [6.07, 6.45) is 12.0. The molecular formula is C30H48N2O3. The maximum absolute atomic E-state index is 12.6. The highest BCUT2D eigenvalue weighted by Gasteiger charge is 2.61. The second kappa shape index (κ2) is 9.68. The molecule has 0 bridgehead atoms. The third kappa shape index (κ3) is 4.63. The largest absolute Gasteiger partial charge is 0.460 e. The van der Waals surface area contributed by atoms with Crippen LogP contribution in [0.5, 0.6) is 0 Å². The zero-order valence-electron chi connectivity index (χ0n) is 23.3. The van der Waals surface area contributed by atoms with E-state index in [4.69, 9.17) is 4.74 Å². The lowest BCUT2D eigenvalue weighted by Gasteiger charge is -2.62. The first-order chi connectivity index (χ1) is 16.4. The zero-order valence-corrected chi connectivity index (χ0v) is 23.3. The molecule has 35 heavy (non-hydrogen) atoms. The van der Waals surface area contributed by atoms with Crippen molar-refractivity contribution in [2.45, 2.75) is 105 Å². The lowest BCUT2D eigenvalue weighted by atomic mass is 9.44. The Bertz CT molecular complexity index is 903. The van der Waals surface area contributed by atoms with E-state index < -0.39 is 0 Å². The molecule has 3 fully saturated rings. The van der Waals surface area contributed by atoms with Gasteiger partial charge in [-0.1, -0.05) is 31.1 Å². The van der Waals surface area contributed by atoms with Crippen LogP contribution < -0.4 is 5.32 Å². The van der Waals surface area contributed by atoms with E-state index in [2.05, 4.69) is 51.2 Å². The van der Waals surface area contributed by atoms with Crippen molar-refractivity contribution in [1.82, 2.24) is 10.2 Å². The van der Waals surface area contributed by atoms with Gasteiger partial charge >= 0.3 is 5.97 Å². The molecule has 0 aromatic carbocycles. The van der Waals surface area contributed by atoms with Crippen LogP contribution in [0.1, 0.15) is 86.5 Å². The molecule has 196 valence electrons. The summed E-state index contributed by atoms with van der Waals surface area (Å²) in [5.74, 6) is 2.11. The fourth-order valence-corrected chi connectivity index (χ4v) is 8.83. The summed E-state index contributed by atoms with van der Waals surface area (Å²) in [6, 6.07) is 0.382. The van der Waals surface area contributed by atoms with E-state index >= 15 is 0 Å². The highest BCUT2D eigenvalue weighted by molar-refractivity contribution is 5.88. The predicted molar refractivity (Wildman–Crippen MR) is 141 cm³/mol. The fourth-order valence-electron chi connectivity index (χ4n) is 8.83. The predicted octanol–water partition coefficient (Wildman–Crippen LogP) is 5.51. The summed E-state index contributed by atoms with van der Waals surface area (Å²) in [4.78, 5) is 27.1. The fraction of sp³-hybridized carbons (Fsp3) is 0.800. The van der Waals surface area contributed by atoms with Gasteiger partial charge < -0.3 is 15.0 Å². The van der Waals surface area contributed by atoms with Crippen LogP contribution in [-0.2, 0) is 14.3 Å². The SMILES string of the molecule is CC(=O)OC1C(NC(=O)C=C(C)C)CCC2(C)C3CCC4(C)C(C(C)N(C)C)=CCC4C3CCC12. The van der Waals surface area contributed by atoms with E-state index in [1.54, 1.807) is 11.6 Å². The third-order valence-corrected chi connectivity index (χ3v) is 10.6. The first-order valence-electron chi connectivity index (χ1n) is 13.9. The van der Waals surface area contributed by atoms with Gasteiger partial charge in [-0.2, -0.15) is 0 Å². The van der Waals surface area contributed by atoms with Crippen molar-refractivity contribution in [3.05, 3.63) is 23.3 Å². The maximum Gasteiger partial charge on any atom is 0.302 e. The van der Waals surface area contributed by atoms with Crippen LogP contribution in [-0.4, -0.2) is 49.1 Å². The van der Waals surface area contributed by atoms with Crippen LogP contribution in [0.4, 0.5) is 0 Å². The number of carbonyl (C=O) groups excluding carboxylic acids is 2. The topological polar surface area (TPSA) is 58.6 Å².